The van der Waals surface area contributed by atoms with Crippen molar-refractivity contribution in [3.8, 4) is 11.5 Å². The Labute approximate surface area is 166 Å². The maximum Gasteiger partial charge on any atom is 0.228 e. The third-order valence-electron chi connectivity index (χ3n) is 3.92. The lowest BCUT2D eigenvalue weighted by Gasteiger charge is -2.07. The highest BCUT2D eigenvalue weighted by atomic mass is 35.5. The molecule has 0 aliphatic rings. The maximum atomic E-state index is 13.2. The van der Waals surface area contributed by atoms with Crippen molar-refractivity contribution in [3.63, 3.8) is 0 Å². The Hall–Kier alpha value is -1.83. The number of aromatic nitrogens is 1. The second-order valence-corrected chi connectivity index (χ2v) is 9.63. The molecule has 1 heterocycles. The lowest BCUT2D eigenvalue weighted by Crippen LogP contribution is -2.05. The third kappa shape index (κ3) is 4.36. The zero-order valence-corrected chi connectivity index (χ0v) is 17.0. The summed E-state index contributed by atoms with van der Waals surface area (Å²) in [6.45, 7) is 3.98. The van der Waals surface area contributed by atoms with Crippen LogP contribution in [-0.4, -0.2) is 18.7 Å². The van der Waals surface area contributed by atoms with E-state index in [9.17, 15) is 12.8 Å². The van der Waals surface area contributed by atoms with E-state index in [4.69, 9.17) is 16.0 Å². The normalized spacial score (nSPS) is 12.9. The summed E-state index contributed by atoms with van der Waals surface area (Å²) in [5.74, 6) is -0.262. The summed E-state index contributed by atoms with van der Waals surface area (Å²) < 4.78 is 45.1. The first-order chi connectivity index (χ1) is 12.8. The molecule has 0 aliphatic heterocycles. The Morgan fingerprint density at radius 3 is 2.37 bits per heavy atom. The van der Waals surface area contributed by atoms with Gasteiger partial charge in [0.15, 0.2) is 0 Å². The van der Waals surface area contributed by atoms with Gasteiger partial charge in [-0.1, -0.05) is 37.2 Å². The number of benzene rings is 2. The van der Waals surface area contributed by atoms with E-state index in [1.54, 1.807) is 0 Å². The minimum Gasteiger partial charge on any atom is -0.428 e. The van der Waals surface area contributed by atoms with Crippen molar-refractivity contribution in [1.29, 1.82) is 0 Å². The highest BCUT2D eigenvalue weighted by Gasteiger charge is 2.29. The number of hydrogen-bond donors (Lipinski definition) is 0. The van der Waals surface area contributed by atoms with E-state index in [1.807, 2.05) is 13.8 Å². The number of sulfone groups is 1. The first kappa shape index (κ1) is 19.9. The standard InChI is InChI=1S/C19H17ClFNO3S2/c1-3-12(2)26-19-18(27(23,24)16-10-6-14(20)7-11-16)22-17(25-19)13-4-8-15(21)9-5-13/h4-12H,3H2,1-2H3. The molecule has 2 aromatic carbocycles. The predicted molar refractivity (Wildman–Crippen MR) is 104 cm³/mol. The summed E-state index contributed by atoms with van der Waals surface area (Å²) in [6.07, 6.45) is 0.831. The van der Waals surface area contributed by atoms with E-state index in [-0.39, 0.29) is 26.2 Å². The lowest BCUT2D eigenvalue weighted by molar-refractivity contribution is 0.469. The molecule has 8 heteroatoms. The van der Waals surface area contributed by atoms with Gasteiger partial charge in [-0.15, -0.1) is 0 Å². The number of rotatable bonds is 6. The maximum absolute atomic E-state index is 13.2. The monoisotopic (exact) mass is 425 g/mol. The van der Waals surface area contributed by atoms with Gasteiger partial charge in [-0.2, -0.15) is 4.98 Å². The van der Waals surface area contributed by atoms with Crippen LogP contribution >= 0.6 is 23.4 Å². The number of halogens is 2. The van der Waals surface area contributed by atoms with Gasteiger partial charge >= 0.3 is 0 Å². The second kappa shape index (κ2) is 8.04. The summed E-state index contributed by atoms with van der Waals surface area (Å²) in [5, 5.41) is 0.654. The number of thioether (sulfide) groups is 1. The van der Waals surface area contributed by atoms with Crippen LogP contribution in [0, 0.1) is 5.82 Å². The van der Waals surface area contributed by atoms with Crippen LogP contribution in [0.5, 0.6) is 0 Å². The lowest BCUT2D eigenvalue weighted by atomic mass is 10.2. The van der Waals surface area contributed by atoms with Crippen LogP contribution < -0.4 is 0 Å². The van der Waals surface area contributed by atoms with E-state index in [1.165, 1.54) is 60.3 Å². The van der Waals surface area contributed by atoms with Crippen LogP contribution in [0.25, 0.3) is 11.5 Å². The molecule has 3 aromatic rings. The fraction of sp³-hybridized carbons (Fsp3) is 0.211. The summed E-state index contributed by atoms with van der Waals surface area (Å²) in [4.78, 5) is 4.32. The van der Waals surface area contributed by atoms with Crippen molar-refractivity contribution in [2.24, 2.45) is 0 Å². The van der Waals surface area contributed by atoms with Gasteiger partial charge in [0.1, 0.15) is 5.82 Å². The van der Waals surface area contributed by atoms with E-state index >= 15 is 0 Å². The van der Waals surface area contributed by atoms with Crippen LogP contribution in [0.2, 0.25) is 5.02 Å². The molecule has 0 spiro atoms. The Morgan fingerprint density at radius 2 is 1.78 bits per heavy atom. The molecule has 142 valence electrons. The van der Waals surface area contributed by atoms with Crippen LogP contribution in [0.4, 0.5) is 4.39 Å². The molecule has 1 atom stereocenters. The van der Waals surface area contributed by atoms with E-state index in [0.717, 1.165) is 6.42 Å². The second-order valence-electron chi connectivity index (χ2n) is 5.91. The first-order valence-corrected chi connectivity index (χ1v) is 11.0. The molecule has 3 rings (SSSR count). The molecule has 1 aromatic heterocycles. The van der Waals surface area contributed by atoms with Gasteiger partial charge in [0.05, 0.1) is 4.90 Å². The molecular formula is C19H17ClFNO3S2. The summed E-state index contributed by atoms with van der Waals surface area (Å²) in [7, 11) is -3.89. The number of nitrogens with zero attached hydrogens (tertiary/aromatic N) is 1. The van der Waals surface area contributed by atoms with E-state index < -0.39 is 15.7 Å². The zero-order chi connectivity index (χ0) is 19.6. The summed E-state index contributed by atoms with van der Waals surface area (Å²) >= 11 is 7.16. The van der Waals surface area contributed by atoms with Gasteiger partial charge in [0, 0.05) is 15.8 Å². The quantitative estimate of drug-likeness (QED) is 0.463. The van der Waals surface area contributed by atoms with Gasteiger partial charge in [-0.3, -0.25) is 0 Å². The van der Waals surface area contributed by atoms with Crippen molar-refractivity contribution < 1.29 is 17.2 Å². The minimum absolute atomic E-state index is 0.0804. The van der Waals surface area contributed by atoms with Gasteiger partial charge in [0.2, 0.25) is 25.8 Å². The van der Waals surface area contributed by atoms with Crippen molar-refractivity contribution in [2.75, 3.05) is 0 Å². The van der Waals surface area contributed by atoms with Gasteiger partial charge < -0.3 is 4.42 Å². The molecular weight excluding hydrogens is 409 g/mol. The molecule has 0 bridgehead atoms. The Balaban J connectivity index is 2.11. The molecule has 0 amide bonds. The molecule has 27 heavy (non-hydrogen) atoms. The highest BCUT2D eigenvalue weighted by Crippen LogP contribution is 2.37. The molecule has 1 unspecified atom stereocenters. The first-order valence-electron chi connectivity index (χ1n) is 8.25. The Kier molecular flexibility index (Phi) is 5.93. The smallest absolute Gasteiger partial charge is 0.228 e. The topological polar surface area (TPSA) is 60.2 Å². The summed E-state index contributed by atoms with van der Waals surface area (Å²) in [5.41, 5.74) is 0.500. The van der Waals surface area contributed by atoms with Crippen molar-refractivity contribution in [3.05, 3.63) is 59.4 Å². The third-order valence-corrected chi connectivity index (χ3v) is 7.21. The van der Waals surface area contributed by atoms with Crippen molar-refractivity contribution in [1.82, 2.24) is 4.98 Å². The van der Waals surface area contributed by atoms with Gasteiger partial charge in [-0.25, -0.2) is 12.8 Å². The SMILES string of the molecule is CCC(C)Sc1oc(-c2ccc(F)cc2)nc1S(=O)(=O)c1ccc(Cl)cc1. The molecule has 4 nitrogen and oxygen atoms in total. The zero-order valence-electron chi connectivity index (χ0n) is 14.6. The van der Waals surface area contributed by atoms with Crippen molar-refractivity contribution >= 4 is 33.2 Å². The fourth-order valence-corrected chi connectivity index (χ4v) is 4.83. The summed E-state index contributed by atoms with van der Waals surface area (Å²) in [6, 6.07) is 11.4. The number of oxazole rings is 1. The van der Waals surface area contributed by atoms with Crippen LogP contribution in [0.15, 0.2) is 68.0 Å². The average Bonchev–Trinajstić information content (AvgIpc) is 3.07. The van der Waals surface area contributed by atoms with E-state index in [0.29, 0.717) is 10.6 Å². The highest BCUT2D eigenvalue weighted by molar-refractivity contribution is 8.00. The molecule has 0 fully saturated rings. The van der Waals surface area contributed by atoms with Crippen LogP contribution in [0.1, 0.15) is 20.3 Å². The molecule has 0 N–H and O–H groups in total. The molecule has 0 saturated carbocycles. The molecule has 0 saturated heterocycles. The largest absolute Gasteiger partial charge is 0.428 e. The average molecular weight is 426 g/mol. The van der Waals surface area contributed by atoms with Gasteiger partial charge in [-0.05, 0) is 55.0 Å². The van der Waals surface area contributed by atoms with Crippen LogP contribution in [-0.2, 0) is 9.84 Å². The fourth-order valence-electron chi connectivity index (χ4n) is 2.24. The number of hydrogen-bond acceptors (Lipinski definition) is 5. The van der Waals surface area contributed by atoms with E-state index in [2.05, 4.69) is 4.98 Å². The van der Waals surface area contributed by atoms with Crippen LogP contribution in [0.3, 0.4) is 0 Å². The van der Waals surface area contributed by atoms with Gasteiger partial charge in [0.25, 0.3) is 0 Å². The minimum atomic E-state index is -3.89. The van der Waals surface area contributed by atoms with Crippen molar-refractivity contribution in [2.45, 2.75) is 40.5 Å². The molecule has 0 radical (unpaired) electrons. The molecule has 0 aliphatic carbocycles. The Bertz CT molecular complexity index is 1030. The predicted octanol–water partition coefficient (Wildman–Crippen LogP) is 5.86. The Morgan fingerprint density at radius 1 is 1.15 bits per heavy atom.